The van der Waals surface area contributed by atoms with Crippen molar-refractivity contribution >= 4 is 34.4 Å². The fourth-order valence-corrected chi connectivity index (χ4v) is 3.25. The summed E-state index contributed by atoms with van der Waals surface area (Å²) in [6.07, 6.45) is 0. The van der Waals surface area contributed by atoms with Crippen LogP contribution in [0.3, 0.4) is 0 Å². The normalized spacial score (nSPS) is 11.6. The summed E-state index contributed by atoms with van der Waals surface area (Å²) < 4.78 is 0. The molecule has 0 aliphatic heterocycles. The molecule has 4 nitrogen and oxygen atoms in total. The third kappa shape index (κ3) is 4.63. The van der Waals surface area contributed by atoms with Gasteiger partial charge < -0.3 is 10.3 Å². The van der Waals surface area contributed by atoms with E-state index in [1.165, 1.54) is 5.56 Å². The SMILES string of the molecule is CC(C)(C)c1ccc(NC(=O)CSCc2nc3ccccc3[nH]2)cc1. The van der Waals surface area contributed by atoms with Gasteiger partial charge in [-0.15, -0.1) is 11.8 Å². The second kappa shape index (κ2) is 7.31. The number of hydrogen-bond donors (Lipinski definition) is 2. The molecule has 130 valence electrons. The first-order chi connectivity index (χ1) is 11.9. The molecule has 0 saturated carbocycles. The van der Waals surface area contributed by atoms with Gasteiger partial charge in [-0.25, -0.2) is 4.98 Å². The molecule has 0 radical (unpaired) electrons. The zero-order valence-corrected chi connectivity index (χ0v) is 15.6. The molecule has 5 heteroatoms. The summed E-state index contributed by atoms with van der Waals surface area (Å²) in [5.41, 5.74) is 4.19. The van der Waals surface area contributed by atoms with Gasteiger partial charge in [0.1, 0.15) is 5.82 Å². The number of carbonyl (C=O) groups is 1. The number of imidazole rings is 1. The number of benzene rings is 2. The summed E-state index contributed by atoms with van der Waals surface area (Å²) in [6, 6.07) is 16.0. The van der Waals surface area contributed by atoms with Crippen molar-refractivity contribution in [1.29, 1.82) is 0 Å². The lowest BCUT2D eigenvalue weighted by atomic mass is 9.87. The van der Waals surface area contributed by atoms with Gasteiger partial charge in [0, 0.05) is 5.69 Å². The van der Waals surface area contributed by atoms with E-state index < -0.39 is 0 Å². The number of para-hydroxylation sites is 2. The van der Waals surface area contributed by atoms with Crippen molar-refractivity contribution in [3.05, 3.63) is 59.9 Å². The molecular formula is C20H23N3OS. The van der Waals surface area contributed by atoms with Crippen LogP contribution in [-0.4, -0.2) is 21.6 Å². The van der Waals surface area contributed by atoms with Crippen LogP contribution in [0.1, 0.15) is 32.2 Å². The Morgan fingerprint density at radius 2 is 1.84 bits per heavy atom. The monoisotopic (exact) mass is 353 g/mol. The smallest absolute Gasteiger partial charge is 0.234 e. The first-order valence-electron chi connectivity index (χ1n) is 8.33. The molecular weight excluding hydrogens is 330 g/mol. The Hall–Kier alpha value is -2.27. The van der Waals surface area contributed by atoms with E-state index in [2.05, 4.69) is 48.2 Å². The fourth-order valence-electron chi connectivity index (χ4n) is 2.57. The van der Waals surface area contributed by atoms with Crippen molar-refractivity contribution < 1.29 is 4.79 Å². The molecule has 0 aliphatic carbocycles. The molecule has 25 heavy (non-hydrogen) atoms. The minimum absolute atomic E-state index is 0.00428. The quantitative estimate of drug-likeness (QED) is 0.697. The van der Waals surface area contributed by atoms with Crippen LogP contribution in [-0.2, 0) is 16.0 Å². The molecule has 3 aromatic rings. The van der Waals surface area contributed by atoms with Crippen LogP contribution in [0.5, 0.6) is 0 Å². The lowest BCUT2D eigenvalue weighted by Gasteiger charge is -2.19. The predicted octanol–water partition coefficient (Wildman–Crippen LogP) is 4.73. The van der Waals surface area contributed by atoms with Crippen LogP contribution >= 0.6 is 11.8 Å². The molecule has 2 N–H and O–H groups in total. The van der Waals surface area contributed by atoms with Crippen LogP contribution in [0.2, 0.25) is 0 Å². The lowest BCUT2D eigenvalue weighted by Crippen LogP contribution is -2.15. The maximum absolute atomic E-state index is 12.1. The second-order valence-electron chi connectivity index (χ2n) is 7.07. The van der Waals surface area contributed by atoms with Gasteiger partial charge in [0.15, 0.2) is 0 Å². The minimum Gasteiger partial charge on any atom is -0.341 e. The topological polar surface area (TPSA) is 57.8 Å². The summed E-state index contributed by atoms with van der Waals surface area (Å²) in [7, 11) is 0. The number of amides is 1. The van der Waals surface area contributed by atoms with Gasteiger partial charge in [-0.05, 0) is 35.2 Å². The van der Waals surface area contributed by atoms with Crippen LogP contribution in [0.15, 0.2) is 48.5 Å². The van der Waals surface area contributed by atoms with E-state index in [0.717, 1.165) is 22.5 Å². The van der Waals surface area contributed by atoms with Crippen molar-refractivity contribution in [2.24, 2.45) is 0 Å². The molecule has 0 spiro atoms. The summed E-state index contributed by atoms with van der Waals surface area (Å²) in [6.45, 7) is 6.53. The largest absolute Gasteiger partial charge is 0.341 e. The summed E-state index contributed by atoms with van der Waals surface area (Å²) in [5.74, 6) is 1.99. The number of nitrogens with one attached hydrogen (secondary N) is 2. The van der Waals surface area contributed by atoms with Crippen molar-refractivity contribution in [1.82, 2.24) is 9.97 Å². The van der Waals surface area contributed by atoms with E-state index in [4.69, 9.17) is 0 Å². The molecule has 0 aliphatic rings. The summed E-state index contributed by atoms with van der Waals surface area (Å²) in [4.78, 5) is 19.9. The van der Waals surface area contributed by atoms with Gasteiger partial charge >= 0.3 is 0 Å². The number of carbonyl (C=O) groups excluding carboxylic acids is 1. The van der Waals surface area contributed by atoms with Crippen molar-refractivity contribution in [2.45, 2.75) is 31.9 Å². The Balaban J connectivity index is 1.49. The number of nitrogens with zero attached hydrogens (tertiary/aromatic N) is 1. The standard InChI is InChI=1S/C20H23N3OS/c1-20(2,3)14-8-10-15(11-9-14)21-19(24)13-25-12-18-22-16-6-4-5-7-17(16)23-18/h4-11H,12-13H2,1-3H3,(H,21,24)(H,22,23). The Labute approximate surface area is 152 Å². The highest BCUT2D eigenvalue weighted by Gasteiger charge is 2.13. The van der Waals surface area contributed by atoms with Gasteiger partial charge in [0.25, 0.3) is 0 Å². The number of hydrogen-bond acceptors (Lipinski definition) is 3. The number of aromatic nitrogens is 2. The van der Waals surface area contributed by atoms with E-state index >= 15 is 0 Å². The Kier molecular flexibility index (Phi) is 5.13. The number of H-pyrrole nitrogens is 1. The third-order valence-corrected chi connectivity index (χ3v) is 4.89. The Morgan fingerprint density at radius 3 is 2.52 bits per heavy atom. The predicted molar refractivity (Wildman–Crippen MR) is 106 cm³/mol. The van der Waals surface area contributed by atoms with E-state index in [0.29, 0.717) is 11.5 Å². The molecule has 0 fully saturated rings. The third-order valence-electron chi connectivity index (χ3n) is 3.95. The highest BCUT2D eigenvalue weighted by Crippen LogP contribution is 2.23. The number of anilines is 1. The van der Waals surface area contributed by atoms with Gasteiger partial charge in [-0.1, -0.05) is 45.0 Å². The van der Waals surface area contributed by atoms with Crippen LogP contribution in [0.4, 0.5) is 5.69 Å². The number of fused-ring (bicyclic) bond motifs is 1. The van der Waals surface area contributed by atoms with Crippen molar-refractivity contribution in [2.75, 3.05) is 11.1 Å². The first-order valence-corrected chi connectivity index (χ1v) is 9.49. The van der Waals surface area contributed by atoms with Gasteiger partial charge in [0.05, 0.1) is 22.5 Å². The maximum Gasteiger partial charge on any atom is 0.234 e. The van der Waals surface area contributed by atoms with Crippen LogP contribution < -0.4 is 5.32 Å². The maximum atomic E-state index is 12.1. The summed E-state index contributed by atoms with van der Waals surface area (Å²) in [5, 5.41) is 2.94. The highest BCUT2D eigenvalue weighted by molar-refractivity contribution is 7.99. The van der Waals surface area contributed by atoms with E-state index in [1.807, 2.05) is 36.4 Å². The average Bonchev–Trinajstić information content (AvgIpc) is 2.97. The van der Waals surface area contributed by atoms with E-state index in [9.17, 15) is 4.79 Å². The minimum atomic E-state index is 0.00428. The zero-order chi connectivity index (χ0) is 17.9. The van der Waals surface area contributed by atoms with Gasteiger partial charge in [0.2, 0.25) is 5.91 Å². The van der Waals surface area contributed by atoms with Gasteiger partial charge in [-0.3, -0.25) is 4.79 Å². The molecule has 1 amide bonds. The molecule has 0 atom stereocenters. The summed E-state index contributed by atoms with van der Waals surface area (Å²) >= 11 is 1.55. The van der Waals surface area contributed by atoms with E-state index in [-0.39, 0.29) is 11.3 Å². The Morgan fingerprint density at radius 1 is 1.12 bits per heavy atom. The molecule has 0 saturated heterocycles. The average molecular weight is 353 g/mol. The van der Waals surface area contributed by atoms with Crippen molar-refractivity contribution in [3.8, 4) is 0 Å². The van der Waals surface area contributed by atoms with Gasteiger partial charge in [-0.2, -0.15) is 0 Å². The van der Waals surface area contributed by atoms with Crippen LogP contribution in [0.25, 0.3) is 11.0 Å². The molecule has 0 unspecified atom stereocenters. The second-order valence-corrected chi connectivity index (χ2v) is 8.05. The first kappa shape index (κ1) is 17.5. The number of rotatable bonds is 5. The Bertz CT molecular complexity index is 830. The van der Waals surface area contributed by atoms with E-state index in [1.54, 1.807) is 11.8 Å². The molecule has 2 aromatic carbocycles. The lowest BCUT2D eigenvalue weighted by molar-refractivity contribution is -0.113. The molecule has 1 heterocycles. The number of thioether (sulfide) groups is 1. The molecule has 3 rings (SSSR count). The number of aromatic amines is 1. The molecule has 1 aromatic heterocycles. The zero-order valence-electron chi connectivity index (χ0n) is 14.8. The van der Waals surface area contributed by atoms with Crippen LogP contribution in [0, 0.1) is 0 Å². The highest BCUT2D eigenvalue weighted by atomic mass is 32.2. The fraction of sp³-hybridized carbons (Fsp3) is 0.300. The van der Waals surface area contributed by atoms with Crippen molar-refractivity contribution in [3.63, 3.8) is 0 Å². The molecule has 0 bridgehead atoms.